The predicted molar refractivity (Wildman–Crippen MR) is 123 cm³/mol. The number of hydrogen-bond acceptors (Lipinski definition) is 6. The Morgan fingerprint density at radius 3 is 2.67 bits per heavy atom. The van der Waals surface area contributed by atoms with Crippen molar-refractivity contribution in [2.75, 3.05) is 26.3 Å². The zero-order chi connectivity index (χ0) is 24.4. The number of aliphatic hydroxyl groups excluding tert-OH is 1. The van der Waals surface area contributed by atoms with Crippen LogP contribution in [0.2, 0.25) is 0 Å². The monoisotopic (exact) mass is 462 g/mol. The van der Waals surface area contributed by atoms with E-state index in [1.165, 1.54) is 11.0 Å². The normalized spacial score (nSPS) is 33.0. The van der Waals surface area contributed by atoms with Crippen molar-refractivity contribution >= 4 is 17.8 Å². The first-order valence-electron chi connectivity index (χ1n) is 12.0. The number of carbonyl (C=O) groups is 3. The van der Waals surface area contributed by atoms with Crippen LogP contribution in [0, 0.1) is 11.8 Å². The van der Waals surface area contributed by atoms with Crippen LogP contribution in [-0.2, 0) is 23.9 Å². The van der Waals surface area contributed by atoms with Crippen molar-refractivity contribution in [2.24, 2.45) is 11.8 Å². The fourth-order valence-electron chi connectivity index (χ4n) is 5.97. The summed E-state index contributed by atoms with van der Waals surface area (Å²) in [5.74, 6) is -2.68. The summed E-state index contributed by atoms with van der Waals surface area (Å²) in [5, 5.41) is 9.92. The van der Waals surface area contributed by atoms with Crippen LogP contribution in [0.3, 0.4) is 0 Å². The molecule has 3 saturated heterocycles. The number of amides is 2. The van der Waals surface area contributed by atoms with Crippen LogP contribution in [0.1, 0.15) is 52.9 Å². The topological polar surface area (TPSA) is 96.4 Å². The van der Waals surface area contributed by atoms with Crippen LogP contribution in [0.15, 0.2) is 25.3 Å². The van der Waals surface area contributed by atoms with E-state index in [9.17, 15) is 19.5 Å². The SMILES string of the molecule is C=CCOC(=O)[C@H]1[C@H]2C(=O)N([C@H](C)CO)C(C(=O)N(CC=C)CCCCC)C23CC[C@]1(C)O3. The third-order valence-corrected chi connectivity index (χ3v) is 7.48. The maximum Gasteiger partial charge on any atom is 0.313 e. The molecule has 3 aliphatic rings. The Morgan fingerprint density at radius 2 is 2.06 bits per heavy atom. The first-order valence-corrected chi connectivity index (χ1v) is 12.0. The second-order valence-corrected chi connectivity index (χ2v) is 9.70. The Bertz CT molecular complexity index is 800. The number of ether oxygens (including phenoxy) is 2. The van der Waals surface area contributed by atoms with Crippen LogP contribution in [0.4, 0.5) is 0 Å². The summed E-state index contributed by atoms with van der Waals surface area (Å²) >= 11 is 0. The van der Waals surface area contributed by atoms with Gasteiger partial charge in [-0.15, -0.1) is 6.58 Å². The number of nitrogens with zero attached hydrogens (tertiary/aromatic N) is 2. The van der Waals surface area contributed by atoms with Crippen LogP contribution in [-0.4, -0.2) is 82.3 Å². The molecule has 1 spiro atoms. The van der Waals surface area contributed by atoms with Gasteiger partial charge in [-0.2, -0.15) is 0 Å². The molecule has 0 aromatic carbocycles. The largest absolute Gasteiger partial charge is 0.461 e. The first kappa shape index (κ1) is 25.4. The number of likely N-dealkylation sites (tertiary alicyclic amines) is 1. The molecule has 2 amide bonds. The quantitative estimate of drug-likeness (QED) is 0.271. The van der Waals surface area contributed by atoms with Crippen LogP contribution in [0.25, 0.3) is 0 Å². The van der Waals surface area contributed by atoms with E-state index in [-0.39, 0.29) is 25.0 Å². The van der Waals surface area contributed by atoms with E-state index >= 15 is 0 Å². The third kappa shape index (κ3) is 4.12. The van der Waals surface area contributed by atoms with Gasteiger partial charge in [-0.05, 0) is 33.1 Å². The molecule has 8 heteroatoms. The van der Waals surface area contributed by atoms with Crippen LogP contribution in [0.5, 0.6) is 0 Å². The Morgan fingerprint density at radius 1 is 1.33 bits per heavy atom. The van der Waals surface area contributed by atoms with Gasteiger partial charge in [-0.1, -0.05) is 38.5 Å². The molecule has 2 unspecified atom stereocenters. The fourth-order valence-corrected chi connectivity index (χ4v) is 5.97. The summed E-state index contributed by atoms with van der Waals surface area (Å²) in [6.07, 6.45) is 7.06. The lowest BCUT2D eigenvalue weighted by Gasteiger charge is -2.38. The van der Waals surface area contributed by atoms with E-state index in [2.05, 4.69) is 20.1 Å². The molecular weight excluding hydrogens is 424 g/mol. The van der Waals surface area contributed by atoms with E-state index in [1.807, 2.05) is 6.92 Å². The molecule has 0 aromatic heterocycles. The second kappa shape index (κ2) is 9.97. The molecule has 0 aliphatic carbocycles. The Balaban J connectivity index is 2.02. The van der Waals surface area contributed by atoms with E-state index in [0.717, 1.165) is 19.3 Å². The van der Waals surface area contributed by atoms with Crippen molar-refractivity contribution in [2.45, 2.75) is 76.2 Å². The lowest BCUT2D eigenvalue weighted by molar-refractivity contribution is -0.161. The number of rotatable bonds is 12. The van der Waals surface area contributed by atoms with Gasteiger partial charge in [-0.3, -0.25) is 14.4 Å². The number of aliphatic hydroxyl groups is 1. The molecule has 2 bridgehead atoms. The highest BCUT2D eigenvalue weighted by molar-refractivity contribution is 5.98. The lowest BCUT2D eigenvalue weighted by Crippen LogP contribution is -2.58. The summed E-state index contributed by atoms with van der Waals surface area (Å²) in [7, 11) is 0. The molecule has 1 N–H and O–H groups in total. The molecular formula is C25H38N2O6. The van der Waals surface area contributed by atoms with E-state index in [4.69, 9.17) is 9.47 Å². The first-order chi connectivity index (χ1) is 15.7. The minimum atomic E-state index is -1.12. The fraction of sp³-hybridized carbons (Fsp3) is 0.720. The zero-order valence-electron chi connectivity index (χ0n) is 20.1. The van der Waals surface area contributed by atoms with Gasteiger partial charge >= 0.3 is 5.97 Å². The number of unbranched alkanes of at least 4 members (excludes halogenated alkanes) is 2. The molecule has 0 radical (unpaired) electrons. The predicted octanol–water partition coefficient (Wildman–Crippen LogP) is 2.07. The molecule has 0 aromatic rings. The van der Waals surface area contributed by atoms with Gasteiger partial charge < -0.3 is 24.4 Å². The van der Waals surface area contributed by atoms with E-state index in [0.29, 0.717) is 25.9 Å². The molecule has 3 heterocycles. The van der Waals surface area contributed by atoms with E-state index in [1.54, 1.807) is 17.9 Å². The van der Waals surface area contributed by atoms with Crippen molar-refractivity contribution in [1.29, 1.82) is 0 Å². The lowest BCUT2D eigenvalue weighted by atomic mass is 9.66. The van der Waals surface area contributed by atoms with E-state index < -0.39 is 41.1 Å². The minimum absolute atomic E-state index is 0.0446. The van der Waals surface area contributed by atoms with Crippen LogP contribution < -0.4 is 0 Å². The minimum Gasteiger partial charge on any atom is -0.461 e. The molecule has 33 heavy (non-hydrogen) atoms. The number of esters is 1. The van der Waals surface area contributed by atoms with Gasteiger partial charge in [-0.25, -0.2) is 0 Å². The molecule has 8 nitrogen and oxygen atoms in total. The van der Waals surface area contributed by atoms with Gasteiger partial charge in [0.1, 0.15) is 24.2 Å². The van der Waals surface area contributed by atoms with Crippen molar-refractivity contribution in [3.63, 3.8) is 0 Å². The molecule has 6 atom stereocenters. The summed E-state index contributed by atoms with van der Waals surface area (Å²) < 4.78 is 11.9. The summed E-state index contributed by atoms with van der Waals surface area (Å²) in [4.78, 5) is 44.0. The van der Waals surface area contributed by atoms with Gasteiger partial charge in [0.05, 0.1) is 24.2 Å². The van der Waals surface area contributed by atoms with Crippen molar-refractivity contribution in [3.8, 4) is 0 Å². The highest BCUT2D eigenvalue weighted by Crippen LogP contribution is 2.63. The molecule has 0 saturated carbocycles. The molecule has 184 valence electrons. The Hall–Kier alpha value is -2.19. The van der Waals surface area contributed by atoms with Gasteiger partial charge in [0.25, 0.3) is 0 Å². The maximum atomic E-state index is 14.0. The van der Waals surface area contributed by atoms with Crippen molar-refractivity contribution in [3.05, 3.63) is 25.3 Å². The highest BCUT2D eigenvalue weighted by Gasteiger charge is 2.78. The molecule has 3 rings (SSSR count). The summed E-state index contributed by atoms with van der Waals surface area (Å²) in [6.45, 7) is 13.7. The van der Waals surface area contributed by atoms with Gasteiger partial charge in [0.15, 0.2) is 0 Å². The second-order valence-electron chi connectivity index (χ2n) is 9.70. The summed E-state index contributed by atoms with van der Waals surface area (Å²) in [6, 6.07) is -1.49. The van der Waals surface area contributed by atoms with Gasteiger partial charge in [0, 0.05) is 13.1 Å². The molecule has 3 aliphatic heterocycles. The number of fused-ring (bicyclic) bond motifs is 1. The van der Waals surface area contributed by atoms with Crippen LogP contribution >= 0.6 is 0 Å². The Labute approximate surface area is 196 Å². The Kier molecular flexibility index (Phi) is 7.69. The average Bonchev–Trinajstić information content (AvgIpc) is 3.36. The number of hydrogen-bond donors (Lipinski definition) is 1. The zero-order valence-corrected chi connectivity index (χ0v) is 20.1. The van der Waals surface area contributed by atoms with Crippen molar-refractivity contribution < 1.29 is 29.0 Å². The summed E-state index contributed by atoms with van der Waals surface area (Å²) in [5.41, 5.74) is -1.99. The van der Waals surface area contributed by atoms with Gasteiger partial charge in [0.2, 0.25) is 11.8 Å². The number of carbonyl (C=O) groups excluding carboxylic acids is 3. The third-order valence-electron chi connectivity index (χ3n) is 7.48. The smallest absolute Gasteiger partial charge is 0.313 e. The highest BCUT2D eigenvalue weighted by atomic mass is 16.6. The van der Waals surface area contributed by atoms with Crippen molar-refractivity contribution in [1.82, 2.24) is 9.80 Å². The maximum absolute atomic E-state index is 14.0. The average molecular weight is 463 g/mol. The standard InChI is InChI=1S/C25H38N2O6/c1-6-9-10-14-26(13-7-2)22(30)20-25-12-11-24(5,33-25)19(23(31)32-15-8-3)18(25)21(29)27(20)17(4)16-28/h7-8,17-20,28H,2-3,6,9-16H2,1,4-5H3/t17-,18+,19-,20?,24+,25?/m1/s1. The molecule has 3 fully saturated rings.